The molecule has 0 aromatic heterocycles. The van der Waals surface area contributed by atoms with Crippen molar-refractivity contribution in [2.75, 3.05) is 26.3 Å². The van der Waals surface area contributed by atoms with Crippen molar-refractivity contribution in [1.82, 2.24) is 10.2 Å². The second-order valence-electron chi connectivity index (χ2n) is 11.0. The van der Waals surface area contributed by atoms with E-state index in [0.717, 1.165) is 0 Å². The minimum absolute atomic E-state index is 0.0829. The van der Waals surface area contributed by atoms with Crippen molar-refractivity contribution in [2.24, 2.45) is 0 Å². The number of aliphatic hydroxyl groups excluding tert-OH is 8. The second kappa shape index (κ2) is 34.8. The van der Waals surface area contributed by atoms with E-state index in [-0.39, 0.29) is 19.5 Å². The summed E-state index contributed by atoms with van der Waals surface area (Å²) in [6, 6.07) is 5.35. The van der Waals surface area contributed by atoms with Crippen molar-refractivity contribution in [3.8, 4) is 214 Å². The predicted molar refractivity (Wildman–Crippen MR) is 230 cm³/mol. The van der Waals surface area contributed by atoms with Gasteiger partial charge in [0.1, 0.15) is 42.7 Å². The summed E-state index contributed by atoms with van der Waals surface area (Å²) in [4.78, 5) is 14.0. The minimum Gasteiger partial charge on any atom is -0.394 e. The van der Waals surface area contributed by atoms with Gasteiger partial charge in [-0.1, -0.05) is 0 Å². The summed E-state index contributed by atoms with van der Waals surface area (Å²) < 4.78 is 10.5. The number of amides is 1. The highest BCUT2D eigenvalue weighted by Gasteiger charge is 2.47. The van der Waals surface area contributed by atoms with Crippen LogP contribution in [0.15, 0.2) is 0 Å². The van der Waals surface area contributed by atoms with E-state index in [1.54, 1.807) is 0 Å². The van der Waals surface area contributed by atoms with E-state index in [9.17, 15) is 45.6 Å². The molecule has 13 nitrogen and oxygen atoms in total. The zero-order valence-corrected chi connectivity index (χ0v) is 33.1. The lowest BCUT2D eigenvalue weighted by molar-refractivity contribution is -0.326. The van der Waals surface area contributed by atoms with Crippen LogP contribution in [0.5, 0.6) is 0 Å². The van der Waals surface area contributed by atoms with E-state index in [2.05, 4.69) is 207 Å². The van der Waals surface area contributed by atoms with Crippen molar-refractivity contribution in [2.45, 2.75) is 61.5 Å². The molecular formula is C51H30N2O11. The summed E-state index contributed by atoms with van der Waals surface area (Å²) in [5.41, 5.74) is 0. The molecule has 1 amide bonds. The quantitative estimate of drug-likeness (QED) is 0.0512. The van der Waals surface area contributed by atoms with E-state index in [1.807, 2.05) is 0 Å². The molecule has 13 heteroatoms. The first-order chi connectivity index (χ1) is 31.1. The Bertz CT molecular complexity index is 2700. The molecule has 1 heterocycles. The molecule has 1 aliphatic heterocycles. The van der Waals surface area contributed by atoms with Crippen molar-refractivity contribution in [3.05, 3.63) is 0 Å². The Morgan fingerprint density at radius 3 is 1.31 bits per heavy atom. The standard InChI is InChI=1S/C51H30N2O11/c1-3-5-7-9-11-13-15-17-19-21-23-25-27-29-31-33-37-53(38-34-32-30-28-26-24-22-20-18-16-14-12-10-8-6-4-2)39-35-36-52-50(62)47(60)46(59)49(42(56)40-54)64-51-48(61)45(58)44(57)43(41-55)63-51/h1-2,42-49,51,54-61H,35-36,39-41H2,(H,52,62). The van der Waals surface area contributed by atoms with Crippen LogP contribution in [0.3, 0.4) is 0 Å². The van der Waals surface area contributed by atoms with Gasteiger partial charge >= 0.3 is 0 Å². The second-order valence-corrected chi connectivity index (χ2v) is 11.0. The van der Waals surface area contributed by atoms with E-state index in [1.165, 1.54) is 4.90 Å². The van der Waals surface area contributed by atoms with Crippen LogP contribution >= 0.6 is 0 Å². The normalized spacial score (nSPS) is 16.6. The number of nitrogens with one attached hydrogen (secondary N) is 1. The summed E-state index contributed by atoms with van der Waals surface area (Å²) in [7, 11) is 0. The molecule has 0 spiro atoms. The van der Waals surface area contributed by atoms with Crippen LogP contribution < -0.4 is 5.32 Å². The molecule has 1 aliphatic rings. The van der Waals surface area contributed by atoms with Crippen LogP contribution in [0.25, 0.3) is 0 Å². The summed E-state index contributed by atoms with van der Waals surface area (Å²) >= 11 is 0. The smallest absolute Gasteiger partial charge is 0.251 e. The van der Waals surface area contributed by atoms with Gasteiger partial charge in [-0.3, -0.25) is 9.69 Å². The SMILES string of the molecule is C#CC#CC#CC#CC#CC#CC#CC#CC#CN(C#CC#CC#CC#CC#CC#CC#CC#CC#C)CCCNC(=O)C(O)C(O)C(OC1OC(CO)C(O)C(O)C1O)C(O)CO. The average molecular weight is 847 g/mol. The molecule has 1 fully saturated rings. The molecule has 0 radical (unpaired) electrons. The van der Waals surface area contributed by atoms with Gasteiger partial charge in [-0.2, -0.15) is 0 Å². The number of nitrogens with zero attached hydrogens (tertiary/aromatic N) is 1. The van der Waals surface area contributed by atoms with Crippen LogP contribution in [0.1, 0.15) is 6.42 Å². The highest BCUT2D eigenvalue weighted by atomic mass is 16.7. The third-order valence-electron chi connectivity index (χ3n) is 6.77. The number of hydrogen-bond acceptors (Lipinski definition) is 12. The molecule has 0 aromatic rings. The Morgan fingerprint density at radius 1 is 0.578 bits per heavy atom. The van der Waals surface area contributed by atoms with Gasteiger partial charge < -0.3 is 55.6 Å². The largest absolute Gasteiger partial charge is 0.394 e. The number of aliphatic hydroxyl groups is 8. The molecule has 0 saturated carbocycles. The number of ether oxygens (including phenoxy) is 2. The Labute approximate surface area is 372 Å². The van der Waals surface area contributed by atoms with Gasteiger partial charge in [0.05, 0.1) is 13.2 Å². The first kappa shape index (κ1) is 53.0. The topological polar surface area (TPSA) is 213 Å². The van der Waals surface area contributed by atoms with Crippen LogP contribution in [0.4, 0.5) is 0 Å². The van der Waals surface area contributed by atoms with Gasteiger partial charge in [-0.05, 0) is 101 Å². The zero-order valence-electron chi connectivity index (χ0n) is 33.1. The third kappa shape index (κ3) is 23.5. The summed E-state index contributed by atoms with van der Waals surface area (Å²) in [6.07, 6.45) is -7.16. The average Bonchev–Trinajstić information content (AvgIpc) is 3.30. The van der Waals surface area contributed by atoms with Gasteiger partial charge in [-0.25, -0.2) is 0 Å². The van der Waals surface area contributed by atoms with Gasteiger partial charge in [0.25, 0.3) is 5.91 Å². The lowest BCUT2D eigenvalue weighted by Gasteiger charge is -2.42. The van der Waals surface area contributed by atoms with E-state index in [0.29, 0.717) is 0 Å². The molecule has 0 aliphatic carbocycles. The van der Waals surface area contributed by atoms with Crippen molar-refractivity contribution >= 4 is 5.91 Å². The molecule has 1 rings (SSSR count). The van der Waals surface area contributed by atoms with Gasteiger partial charge in [-0.15, -0.1) is 12.8 Å². The fraction of sp³-hybridized carbons (Fsp3) is 0.275. The Morgan fingerprint density at radius 2 is 0.953 bits per heavy atom. The molecular weight excluding hydrogens is 817 g/mol. The maximum Gasteiger partial charge on any atom is 0.251 e. The molecule has 9 atom stereocenters. The van der Waals surface area contributed by atoms with Crippen LogP contribution in [0, 0.1) is 214 Å². The van der Waals surface area contributed by atoms with Crippen molar-refractivity contribution in [3.63, 3.8) is 0 Å². The summed E-state index contributed by atoms with van der Waals surface area (Å²) in [6.45, 7) is -1.88. The fourth-order valence-corrected chi connectivity index (χ4v) is 3.94. The molecule has 1 saturated heterocycles. The minimum atomic E-state index is -2.26. The van der Waals surface area contributed by atoms with E-state index >= 15 is 0 Å². The number of hydrogen-bond donors (Lipinski definition) is 9. The van der Waals surface area contributed by atoms with E-state index < -0.39 is 74.2 Å². The van der Waals surface area contributed by atoms with Crippen LogP contribution in [-0.4, -0.2) is 133 Å². The van der Waals surface area contributed by atoms with Gasteiger partial charge in [0.15, 0.2) is 12.4 Å². The first-order valence-corrected chi connectivity index (χ1v) is 17.7. The Hall–Kier alpha value is -9.05. The predicted octanol–water partition coefficient (Wildman–Crippen LogP) is -5.71. The van der Waals surface area contributed by atoms with Gasteiger partial charge in [0.2, 0.25) is 0 Å². The fourth-order valence-electron chi connectivity index (χ4n) is 3.94. The molecule has 9 unspecified atom stereocenters. The maximum absolute atomic E-state index is 12.8. The van der Waals surface area contributed by atoms with Crippen LogP contribution in [0.2, 0.25) is 0 Å². The third-order valence-corrected chi connectivity index (χ3v) is 6.77. The number of carbonyl (C=O) groups is 1. The Balaban J connectivity index is 3.05. The number of terminal acetylenes is 2. The number of carbonyl (C=O) groups excluding carboxylic acids is 1. The first-order valence-electron chi connectivity index (χ1n) is 17.7. The molecule has 0 bridgehead atoms. The summed E-state index contributed by atoms with van der Waals surface area (Å²) in [5, 5.41) is 83.2. The zero-order chi connectivity index (χ0) is 47.0. The lowest BCUT2D eigenvalue weighted by atomic mass is 9.98. The van der Waals surface area contributed by atoms with E-state index in [4.69, 9.17) is 22.3 Å². The molecule has 0 aromatic carbocycles. The molecule has 9 N–H and O–H groups in total. The number of rotatable bonds is 12. The highest BCUT2D eigenvalue weighted by molar-refractivity contribution is 5.81. The van der Waals surface area contributed by atoms with Crippen LogP contribution in [-0.2, 0) is 14.3 Å². The highest BCUT2D eigenvalue weighted by Crippen LogP contribution is 2.25. The lowest BCUT2D eigenvalue weighted by Crippen LogP contribution is -2.62. The van der Waals surface area contributed by atoms with Gasteiger partial charge in [0, 0.05) is 120 Å². The summed E-state index contributed by atoms with van der Waals surface area (Å²) in [5.74, 6) is 76.6. The Kier molecular flexibility index (Phi) is 28.8. The molecule has 64 heavy (non-hydrogen) atoms. The molecule has 310 valence electrons. The van der Waals surface area contributed by atoms with Crippen molar-refractivity contribution < 1.29 is 55.1 Å². The maximum atomic E-state index is 12.8. The monoisotopic (exact) mass is 846 g/mol. The van der Waals surface area contributed by atoms with Crippen molar-refractivity contribution in [1.29, 1.82) is 0 Å².